The lowest BCUT2D eigenvalue weighted by molar-refractivity contribution is -0.870. The first-order valence-electron chi connectivity index (χ1n) is 24.3. The van der Waals surface area contributed by atoms with Crippen LogP contribution in [0.1, 0.15) is 194 Å². The summed E-state index contributed by atoms with van der Waals surface area (Å²) in [6.07, 6.45) is 27.1. The van der Waals surface area contributed by atoms with E-state index in [9.17, 15) is 34.7 Å². The van der Waals surface area contributed by atoms with E-state index in [2.05, 4.69) is 13.8 Å². The molecule has 4 N–H and O–H groups in total. The van der Waals surface area contributed by atoms with Crippen molar-refractivity contribution in [2.24, 2.45) is 5.92 Å². The highest BCUT2D eigenvalue weighted by Crippen LogP contribution is 2.39. The summed E-state index contributed by atoms with van der Waals surface area (Å²) in [7, 11) is 0.896. The van der Waals surface area contributed by atoms with Crippen molar-refractivity contribution >= 4 is 13.6 Å². The number of nitrogens with zero attached hydrogens (tertiary/aromatic N) is 1. The zero-order valence-electron chi connectivity index (χ0n) is 38.9. The summed E-state index contributed by atoms with van der Waals surface area (Å²) in [5, 5.41) is 43.1. The maximum Gasteiger partial charge on any atom is 0.268 e. The summed E-state index contributed by atoms with van der Waals surface area (Å²) in [5.41, 5.74) is 0. The first-order valence-corrected chi connectivity index (χ1v) is 25.7. The van der Waals surface area contributed by atoms with Gasteiger partial charge in [-0.2, -0.15) is 0 Å². The minimum Gasteiger partial charge on any atom is -0.756 e. The van der Waals surface area contributed by atoms with Gasteiger partial charge in [0, 0.05) is 18.8 Å². The lowest BCUT2D eigenvalue weighted by Crippen LogP contribution is -2.59. The Labute approximate surface area is 366 Å². The number of aliphatic hydroxyl groups is 4. The van der Waals surface area contributed by atoms with E-state index in [0.29, 0.717) is 17.4 Å². The van der Waals surface area contributed by atoms with Gasteiger partial charge in [-0.25, -0.2) is 0 Å². The van der Waals surface area contributed by atoms with E-state index >= 15 is 0 Å². The van der Waals surface area contributed by atoms with Gasteiger partial charge >= 0.3 is 0 Å². The molecular weight excluding hydrogens is 785 g/mol. The maximum absolute atomic E-state index is 13.2. The molecule has 12 nitrogen and oxygen atoms in total. The molecule has 1 aliphatic heterocycles. The van der Waals surface area contributed by atoms with Crippen molar-refractivity contribution < 1.29 is 57.7 Å². The van der Waals surface area contributed by atoms with Crippen molar-refractivity contribution in [3.8, 4) is 0 Å². The normalized spacial score (nSPS) is 22.0. The molecule has 1 aliphatic rings. The molecule has 0 aliphatic carbocycles. The number of carbonyl (C=O) groups excluding carboxylic acids is 1. The SMILES string of the molecule is CCCCCCCCCCCCC/C=C/[C@@H](O)[C@H](CO[C@@H]1O[C@H](COP(=O)([O-])OCC[N+](C)(C)C)[C@H](O)[C@H](O)[C@H]1O)CC(=O)CCCCCCCCCCCCCCCC. The number of carbonyl (C=O) groups is 1. The third-order valence-corrected chi connectivity index (χ3v) is 12.6. The number of unbranched alkanes of at least 4 members (excludes halogenated alkanes) is 24. The van der Waals surface area contributed by atoms with Crippen molar-refractivity contribution in [3.63, 3.8) is 0 Å². The molecule has 0 bridgehead atoms. The molecule has 13 heteroatoms. The molecule has 8 atom stereocenters. The van der Waals surface area contributed by atoms with Crippen LogP contribution in [-0.2, 0) is 27.9 Å². The maximum atomic E-state index is 13.2. The average molecular weight is 878 g/mol. The van der Waals surface area contributed by atoms with Crippen molar-refractivity contribution in [3.05, 3.63) is 12.2 Å². The minimum atomic E-state index is -4.76. The number of hydrogen-bond donors (Lipinski definition) is 4. The van der Waals surface area contributed by atoms with Crippen LogP contribution < -0.4 is 4.89 Å². The number of quaternary nitrogens is 1. The Hall–Kier alpha value is -0.760. The van der Waals surface area contributed by atoms with Crippen molar-refractivity contribution in [2.75, 3.05) is 47.5 Å². The lowest BCUT2D eigenvalue weighted by atomic mass is 9.93. The molecule has 1 heterocycles. The largest absolute Gasteiger partial charge is 0.756 e. The Morgan fingerprint density at radius 1 is 0.700 bits per heavy atom. The molecule has 60 heavy (non-hydrogen) atoms. The van der Waals surface area contributed by atoms with Gasteiger partial charge in [0.25, 0.3) is 7.82 Å². The summed E-state index contributed by atoms with van der Waals surface area (Å²) in [5.74, 6) is -0.632. The van der Waals surface area contributed by atoms with Crippen LogP contribution in [0.3, 0.4) is 0 Å². The van der Waals surface area contributed by atoms with Crippen LogP contribution in [0, 0.1) is 5.92 Å². The van der Waals surface area contributed by atoms with E-state index in [0.717, 1.165) is 38.5 Å². The molecule has 0 amide bonds. The Bertz CT molecular complexity index is 1110. The van der Waals surface area contributed by atoms with Gasteiger partial charge in [0.2, 0.25) is 0 Å². The van der Waals surface area contributed by atoms with Gasteiger partial charge in [0.1, 0.15) is 43.4 Å². The van der Waals surface area contributed by atoms with E-state index in [4.69, 9.17) is 18.5 Å². The number of phosphoric ester groups is 1. The highest BCUT2D eigenvalue weighted by Gasteiger charge is 2.45. The van der Waals surface area contributed by atoms with Crippen LogP contribution in [0.5, 0.6) is 0 Å². The Balaban J connectivity index is 2.66. The van der Waals surface area contributed by atoms with E-state index in [-0.39, 0.29) is 25.4 Å². The summed E-state index contributed by atoms with van der Waals surface area (Å²) in [6.45, 7) is 3.93. The zero-order valence-corrected chi connectivity index (χ0v) is 39.8. The predicted octanol–water partition coefficient (Wildman–Crippen LogP) is 9.08. The number of likely N-dealkylation sites (N-methyl/N-ethyl adjacent to an activating group) is 1. The number of rotatable bonds is 41. The average Bonchev–Trinajstić information content (AvgIpc) is 3.20. The number of ketones is 1. The highest BCUT2D eigenvalue weighted by molar-refractivity contribution is 7.45. The fraction of sp³-hybridized carbons (Fsp3) is 0.936. The highest BCUT2D eigenvalue weighted by atomic mass is 31.2. The summed E-state index contributed by atoms with van der Waals surface area (Å²) in [4.78, 5) is 25.6. The van der Waals surface area contributed by atoms with Crippen molar-refractivity contribution in [2.45, 2.75) is 230 Å². The van der Waals surface area contributed by atoms with Crippen LogP contribution in [0.2, 0.25) is 0 Å². The van der Waals surface area contributed by atoms with Crippen LogP contribution in [0.25, 0.3) is 0 Å². The van der Waals surface area contributed by atoms with E-state index in [1.807, 2.05) is 27.2 Å². The van der Waals surface area contributed by atoms with Crippen LogP contribution in [0.4, 0.5) is 0 Å². The van der Waals surface area contributed by atoms with Crippen molar-refractivity contribution in [1.29, 1.82) is 0 Å². The molecule has 0 spiro atoms. The van der Waals surface area contributed by atoms with Gasteiger partial charge in [-0.15, -0.1) is 0 Å². The number of ether oxygens (including phenoxy) is 2. The lowest BCUT2D eigenvalue weighted by Gasteiger charge is -2.41. The van der Waals surface area contributed by atoms with Gasteiger partial charge in [-0.1, -0.05) is 174 Å². The van der Waals surface area contributed by atoms with Gasteiger partial charge in [0.15, 0.2) is 6.29 Å². The number of aliphatic hydroxyl groups excluding tert-OH is 4. The first-order chi connectivity index (χ1) is 28.7. The Morgan fingerprint density at radius 2 is 1.17 bits per heavy atom. The molecule has 1 saturated heterocycles. The number of hydrogen-bond acceptors (Lipinski definition) is 11. The summed E-state index contributed by atoms with van der Waals surface area (Å²) in [6, 6.07) is 0. The van der Waals surface area contributed by atoms with Crippen LogP contribution in [-0.4, -0.2) is 115 Å². The van der Waals surface area contributed by atoms with Gasteiger partial charge in [-0.3, -0.25) is 9.36 Å². The molecule has 0 aromatic rings. The van der Waals surface area contributed by atoms with E-state index in [1.54, 1.807) is 6.08 Å². The predicted molar refractivity (Wildman–Crippen MR) is 239 cm³/mol. The topological polar surface area (TPSA) is 175 Å². The third-order valence-electron chi connectivity index (χ3n) is 11.6. The number of phosphoric acid groups is 1. The van der Waals surface area contributed by atoms with Crippen LogP contribution >= 0.6 is 7.82 Å². The zero-order chi connectivity index (χ0) is 44.5. The monoisotopic (exact) mass is 878 g/mol. The molecule has 0 saturated carbocycles. The fourth-order valence-electron chi connectivity index (χ4n) is 7.55. The molecule has 1 rings (SSSR count). The van der Waals surface area contributed by atoms with Gasteiger partial charge < -0.3 is 48.3 Å². The summed E-state index contributed by atoms with van der Waals surface area (Å²) < 4.78 is 34.3. The summed E-state index contributed by atoms with van der Waals surface area (Å²) >= 11 is 0. The second-order valence-corrected chi connectivity index (χ2v) is 19.9. The molecule has 0 aromatic carbocycles. The molecule has 0 aromatic heterocycles. The second-order valence-electron chi connectivity index (χ2n) is 18.5. The standard InChI is InChI=1S/C47H92NO11P/c1-6-8-10-12-14-16-18-20-22-23-25-27-29-31-33-41(49)37-40(42(50)34-32-30-28-26-24-21-19-17-15-13-11-9-7-2)38-56-47-46(53)45(52)44(51)43(59-47)39-58-60(54,55)57-36-35-48(3,4)5/h32,34,40,42-47,50-53H,6-31,33,35-39H2,1-5H3/b34-32+/t40-,42+,43+,44-,45-,46+,47+/m0/s1. The van der Waals surface area contributed by atoms with Crippen molar-refractivity contribution in [1.82, 2.24) is 0 Å². The molecular formula is C47H92NO11P. The smallest absolute Gasteiger partial charge is 0.268 e. The minimum absolute atomic E-state index is 0.0173. The van der Waals surface area contributed by atoms with Gasteiger partial charge in [-0.05, 0) is 19.3 Å². The number of allylic oxidation sites excluding steroid dienone is 1. The Kier molecular flexibility index (Phi) is 33.9. The quantitative estimate of drug-likeness (QED) is 0.0200. The first kappa shape index (κ1) is 57.3. The van der Waals surface area contributed by atoms with E-state index in [1.165, 1.54) is 128 Å². The third kappa shape index (κ3) is 30.3. The van der Waals surface area contributed by atoms with Crippen LogP contribution in [0.15, 0.2) is 12.2 Å². The van der Waals surface area contributed by atoms with E-state index < -0.39 is 57.2 Å². The van der Waals surface area contributed by atoms with Gasteiger partial charge in [0.05, 0.1) is 40.5 Å². The molecule has 356 valence electrons. The molecule has 1 fully saturated rings. The second kappa shape index (κ2) is 35.6. The number of Topliss-reactive ketones (excluding diaryl/α,β-unsaturated/α-hetero) is 1. The fourth-order valence-corrected chi connectivity index (χ4v) is 8.26. The molecule has 0 radical (unpaired) electrons. The molecule has 1 unspecified atom stereocenters. The Morgan fingerprint density at radius 3 is 1.65 bits per heavy atom.